The molecule has 0 saturated heterocycles. The predicted octanol–water partition coefficient (Wildman–Crippen LogP) is 3.17. The van der Waals surface area contributed by atoms with Crippen LogP contribution in [-0.4, -0.2) is 34.6 Å². The average Bonchev–Trinajstić information content (AvgIpc) is 2.86. The van der Waals surface area contributed by atoms with Crippen molar-refractivity contribution in [2.75, 3.05) is 23.9 Å². The third-order valence-electron chi connectivity index (χ3n) is 3.59. The molecule has 2 unspecified atom stereocenters. The predicted molar refractivity (Wildman–Crippen MR) is 84.1 cm³/mol. The summed E-state index contributed by atoms with van der Waals surface area (Å²) in [5.74, 6) is 2.80. The molecule has 106 valence electrons. The van der Waals surface area contributed by atoms with Crippen LogP contribution >= 0.6 is 11.8 Å². The molecule has 1 fully saturated rings. The second-order valence-electron chi connectivity index (χ2n) is 5.01. The van der Waals surface area contributed by atoms with Gasteiger partial charge in [0.2, 0.25) is 0 Å². The number of aromatic nitrogens is 2. The van der Waals surface area contributed by atoms with Gasteiger partial charge in [-0.1, -0.05) is 13.3 Å². The van der Waals surface area contributed by atoms with Crippen molar-refractivity contribution in [1.82, 2.24) is 9.97 Å². The fraction of sp³-hybridized carbons (Fsp3) is 0.714. The lowest BCUT2D eigenvalue weighted by molar-refractivity contribution is 0.756. The molecule has 0 aromatic carbocycles. The number of nitrogens with one attached hydrogen (secondary N) is 2. The van der Waals surface area contributed by atoms with Crippen LogP contribution in [0.2, 0.25) is 0 Å². The molecule has 1 aliphatic carbocycles. The third-order valence-corrected chi connectivity index (χ3v) is 4.76. The van der Waals surface area contributed by atoms with Gasteiger partial charge in [0.1, 0.15) is 17.5 Å². The summed E-state index contributed by atoms with van der Waals surface area (Å²) in [5, 5.41) is 7.43. The molecule has 4 nitrogen and oxygen atoms in total. The maximum atomic E-state index is 4.63. The van der Waals surface area contributed by atoms with E-state index in [1.165, 1.54) is 19.3 Å². The zero-order valence-corrected chi connectivity index (χ0v) is 12.9. The summed E-state index contributed by atoms with van der Waals surface area (Å²) >= 11 is 1.96. The summed E-state index contributed by atoms with van der Waals surface area (Å²) in [6.45, 7) is 2.16. The number of nitrogens with zero attached hydrogens (tertiary/aromatic N) is 2. The number of thioether (sulfide) groups is 1. The summed E-state index contributed by atoms with van der Waals surface area (Å²) in [5.41, 5.74) is 0. The van der Waals surface area contributed by atoms with Crippen molar-refractivity contribution in [3.63, 3.8) is 0 Å². The van der Waals surface area contributed by atoms with Crippen LogP contribution in [0, 0.1) is 0 Å². The van der Waals surface area contributed by atoms with E-state index in [1.54, 1.807) is 0 Å². The fourth-order valence-corrected chi connectivity index (χ4v) is 3.53. The summed E-state index contributed by atoms with van der Waals surface area (Å²) in [6.07, 6.45) is 8.07. The highest BCUT2D eigenvalue weighted by Gasteiger charge is 2.26. The Bertz CT molecular complexity index is 410. The van der Waals surface area contributed by atoms with Gasteiger partial charge < -0.3 is 10.6 Å². The van der Waals surface area contributed by atoms with E-state index in [4.69, 9.17) is 0 Å². The molecule has 1 aromatic heterocycles. The van der Waals surface area contributed by atoms with Gasteiger partial charge in [-0.2, -0.15) is 11.8 Å². The highest BCUT2D eigenvalue weighted by molar-refractivity contribution is 7.99. The van der Waals surface area contributed by atoms with Crippen LogP contribution in [0.15, 0.2) is 6.07 Å². The SMILES string of the molecule is CCCc1nc(NC)cc(NC2CCCC2SC)n1. The molecule has 19 heavy (non-hydrogen) atoms. The zero-order chi connectivity index (χ0) is 13.7. The van der Waals surface area contributed by atoms with Gasteiger partial charge in [-0.05, 0) is 25.5 Å². The molecule has 1 saturated carbocycles. The van der Waals surface area contributed by atoms with Crippen molar-refractivity contribution in [3.8, 4) is 0 Å². The Labute approximate surface area is 120 Å². The third kappa shape index (κ3) is 3.75. The molecule has 1 aromatic rings. The van der Waals surface area contributed by atoms with Crippen molar-refractivity contribution in [2.24, 2.45) is 0 Å². The van der Waals surface area contributed by atoms with Crippen molar-refractivity contribution in [1.29, 1.82) is 0 Å². The molecular weight excluding hydrogens is 256 g/mol. The first-order chi connectivity index (χ1) is 9.26. The standard InChI is InChI=1S/C14H24N4S/c1-4-6-12-17-13(15-2)9-14(18-12)16-10-7-5-8-11(10)19-3/h9-11H,4-8H2,1-3H3,(H2,15,16,17,18). The topological polar surface area (TPSA) is 49.8 Å². The second-order valence-corrected chi connectivity index (χ2v) is 6.09. The molecule has 0 amide bonds. The number of aryl methyl sites for hydroxylation is 1. The van der Waals surface area contributed by atoms with Crippen LogP contribution in [0.1, 0.15) is 38.4 Å². The Kier molecular flexibility index (Phi) is 5.31. The monoisotopic (exact) mass is 280 g/mol. The smallest absolute Gasteiger partial charge is 0.133 e. The quantitative estimate of drug-likeness (QED) is 0.838. The van der Waals surface area contributed by atoms with Crippen LogP contribution in [0.3, 0.4) is 0 Å². The minimum Gasteiger partial charge on any atom is -0.373 e. The highest BCUT2D eigenvalue weighted by atomic mass is 32.2. The highest BCUT2D eigenvalue weighted by Crippen LogP contribution is 2.30. The van der Waals surface area contributed by atoms with E-state index in [-0.39, 0.29) is 0 Å². The average molecular weight is 280 g/mol. The molecule has 1 heterocycles. The van der Waals surface area contributed by atoms with Gasteiger partial charge in [-0.15, -0.1) is 0 Å². The lowest BCUT2D eigenvalue weighted by Crippen LogP contribution is -2.26. The first kappa shape index (κ1) is 14.4. The Balaban J connectivity index is 2.12. The minimum absolute atomic E-state index is 0.545. The first-order valence-electron chi connectivity index (χ1n) is 7.11. The Morgan fingerprint density at radius 1 is 1.32 bits per heavy atom. The molecule has 1 aliphatic rings. The van der Waals surface area contributed by atoms with Crippen LogP contribution in [0.4, 0.5) is 11.6 Å². The maximum absolute atomic E-state index is 4.63. The minimum atomic E-state index is 0.545. The Morgan fingerprint density at radius 2 is 2.11 bits per heavy atom. The van der Waals surface area contributed by atoms with Gasteiger partial charge in [0.15, 0.2) is 0 Å². The molecule has 5 heteroatoms. The van der Waals surface area contributed by atoms with Crippen molar-refractivity contribution < 1.29 is 0 Å². The summed E-state index contributed by atoms with van der Waals surface area (Å²) in [6, 6.07) is 2.55. The molecule has 2 N–H and O–H groups in total. The van der Waals surface area contributed by atoms with E-state index in [0.717, 1.165) is 30.3 Å². The van der Waals surface area contributed by atoms with Gasteiger partial charge in [0.25, 0.3) is 0 Å². The van der Waals surface area contributed by atoms with Gasteiger partial charge in [-0.3, -0.25) is 0 Å². The first-order valence-corrected chi connectivity index (χ1v) is 8.40. The number of rotatable bonds is 6. The number of hydrogen-bond acceptors (Lipinski definition) is 5. The molecule has 0 aliphatic heterocycles. The normalized spacial score (nSPS) is 22.5. The van der Waals surface area contributed by atoms with Crippen LogP contribution < -0.4 is 10.6 Å². The van der Waals surface area contributed by atoms with Crippen LogP contribution in [-0.2, 0) is 6.42 Å². The van der Waals surface area contributed by atoms with Gasteiger partial charge in [0, 0.05) is 30.8 Å². The van der Waals surface area contributed by atoms with E-state index >= 15 is 0 Å². The molecular formula is C14H24N4S. The zero-order valence-electron chi connectivity index (χ0n) is 12.1. The van der Waals surface area contributed by atoms with E-state index in [2.05, 4.69) is 33.8 Å². The summed E-state index contributed by atoms with van der Waals surface area (Å²) in [4.78, 5) is 9.12. The van der Waals surface area contributed by atoms with E-state index in [9.17, 15) is 0 Å². The lowest BCUT2D eigenvalue weighted by Gasteiger charge is -2.20. The summed E-state index contributed by atoms with van der Waals surface area (Å²) in [7, 11) is 1.90. The lowest BCUT2D eigenvalue weighted by atomic mass is 10.2. The maximum Gasteiger partial charge on any atom is 0.133 e. The molecule has 0 bridgehead atoms. The Morgan fingerprint density at radius 3 is 2.79 bits per heavy atom. The van der Waals surface area contributed by atoms with Crippen molar-refractivity contribution in [3.05, 3.63) is 11.9 Å². The van der Waals surface area contributed by atoms with Gasteiger partial charge in [-0.25, -0.2) is 9.97 Å². The van der Waals surface area contributed by atoms with Gasteiger partial charge >= 0.3 is 0 Å². The largest absolute Gasteiger partial charge is 0.373 e. The number of hydrogen-bond donors (Lipinski definition) is 2. The van der Waals surface area contributed by atoms with Crippen LogP contribution in [0.5, 0.6) is 0 Å². The van der Waals surface area contributed by atoms with Crippen molar-refractivity contribution >= 4 is 23.4 Å². The van der Waals surface area contributed by atoms with Gasteiger partial charge in [0.05, 0.1) is 0 Å². The van der Waals surface area contributed by atoms with E-state index in [0.29, 0.717) is 11.3 Å². The van der Waals surface area contributed by atoms with Crippen molar-refractivity contribution in [2.45, 2.75) is 50.3 Å². The number of anilines is 2. The van der Waals surface area contributed by atoms with Crippen LogP contribution in [0.25, 0.3) is 0 Å². The molecule has 2 rings (SSSR count). The van der Waals surface area contributed by atoms with E-state index < -0.39 is 0 Å². The second kappa shape index (κ2) is 6.98. The molecule has 2 atom stereocenters. The van der Waals surface area contributed by atoms with E-state index in [1.807, 2.05) is 24.9 Å². The molecule has 0 radical (unpaired) electrons. The fourth-order valence-electron chi connectivity index (χ4n) is 2.60. The summed E-state index contributed by atoms with van der Waals surface area (Å²) < 4.78 is 0. The Hall–Kier alpha value is -0.970. The molecule has 0 spiro atoms.